The third-order valence-corrected chi connectivity index (χ3v) is 3.14. The van der Waals surface area contributed by atoms with Crippen LogP contribution in [-0.2, 0) is 11.3 Å². The monoisotopic (exact) mass is 421 g/mol. The standard InChI is InChI=1S/C16H27N3O2.HI/c1-17-16(18-10-5-4-6-11-20-2)19-13-14-8-7-9-15(12-14)21-3;/h7-9,12H,4-6,10-11,13H2,1-3H3,(H2,17,18,19);1H. The molecular weight excluding hydrogens is 393 g/mol. The summed E-state index contributed by atoms with van der Waals surface area (Å²) in [6.07, 6.45) is 3.38. The fourth-order valence-corrected chi connectivity index (χ4v) is 1.94. The summed E-state index contributed by atoms with van der Waals surface area (Å²) in [5.74, 6) is 1.69. The van der Waals surface area contributed by atoms with E-state index in [4.69, 9.17) is 9.47 Å². The summed E-state index contributed by atoms with van der Waals surface area (Å²) < 4.78 is 10.2. The van der Waals surface area contributed by atoms with Crippen molar-refractivity contribution in [2.75, 3.05) is 34.4 Å². The Balaban J connectivity index is 0.00000441. The number of rotatable bonds is 9. The van der Waals surface area contributed by atoms with Crippen LogP contribution in [0.5, 0.6) is 5.75 Å². The summed E-state index contributed by atoms with van der Waals surface area (Å²) in [6.45, 7) is 2.48. The summed E-state index contributed by atoms with van der Waals surface area (Å²) in [5.41, 5.74) is 1.16. The van der Waals surface area contributed by atoms with E-state index >= 15 is 0 Å². The van der Waals surface area contributed by atoms with Gasteiger partial charge in [0.15, 0.2) is 5.96 Å². The van der Waals surface area contributed by atoms with E-state index in [1.54, 1.807) is 21.3 Å². The van der Waals surface area contributed by atoms with E-state index in [-0.39, 0.29) is 24.0 Å². The zero-order chi connectivity index (χ0) is 15.3. The largest absolute Gasteiger partial charge is 0.497 e. The van der Waals surface area contributed by atoms with Crippen LogP contribution < -0.4 is 15.4 Å². The van der Waals surface area contributed by atoms with Gasteiger partial charge in [-0.2, -0.15) is 0 Å². The Labute approximate surface area is 150 Å². The maximum absolute atomic E-state index is 5.22. The Bertz CT molecular complexity index is 428. The molecule has 0 unspecified atom stereocenters. The molecule has 5 nitrogen and oxygen atoms in total. The highest BCUT2D eigenvalue weighted by Crippen LogP contribution is 2.11. The molecule has 0 bridgehead atoms. The minimum atomic E-state index is 0. The average Bonchev–Trinajstić information content (AvgIpc) is 2.53. The Hall–Kier alpha value is -1.02. The third kappa shape index (κ3) is 9.09. The Kier molecular flexibility index (Phi) is 13.0. The quantitative estimate of drug-likeness (QED) is 0.279. The summed E-state index contributed by atoms with van der Waals surface area (Å²) in [7, 11) is 5.20. The van der Waals surface area contributed by atoms with E-state index in [0.29, 0.717) is 0 Å². The Morgan fingerprint density at radius 2 is 1.95 bits per heavy atom. The molecule has 0 saturated carbocycles. The average molecular weight is 421 g/mol. The first-order chi connectivity index (χ1) is 10.3. The molecule has 0 aliphatic carbocycles. The van der Waals surface area contributed by atoms with Gasteiger partial charge >= 0.3 is 0 Å². The van der Waals surface area contributed by atoms with Gasteiger partial charge in [-0.15, -0.1) is 24.0 Å². The first-order valence-corrected chi connectivity index (χ1v) is 7.36. The lowest BCUT2D eigenvalue weighted by Gasteiger charge is -2.12. The van der Waals surface area contributed by atoms with Gasteiger partial charge < -0.3 is 20.1 Å². The van der Waals surface area contributed by atoms with Crippen molar-refractivity contribution < 1.29 is 9.47 Å². The lowest BCUT2D eigenvalue weighted by atomic mass is 10.2. The molecule has 0 fully saturated rings. The van der Waals surface area contributed by atoms with Crippen LogP contribution in [0.2, 0.25) is 0 Å². The van der Waals surface area contributed by atoms with Crippen LogP contribution in [0.4, 0.5) is 0 Å². The van der Waals surface area contributed by atoms with Crippen LogP contribution in [0.15, 0.2) is 29.3 Å². The smallest absolute Gasteiger partial charge is 0.191 e. The molecule has 1 rings (SSSR count). The van der Waals surface area contributed by atoms with Crippen molar-refractivity contribution in [3.63, 3.8) is 0 Å². The SMILES string of the molecule is CN=C(NCCCCCOC)NCc1cccc(OC)c1.I. The molecule has 126 valence electrons. The lowest BCUT2D eigenvalue weighted by Crippen LogP contribution is -2.37. The van der Waals surface area contributed by atoms with Crippen LogP contribution in [0.3, 0.4) is 0 Å². The Morgan fingerprint density at radius 3 is 2.64 bits per heavy atom. The number of methoxy groups -OCH3 is 2. The summed E-state index contributed by atoms with van der Waals surface area (Å²) in [5, 5.41) is 6.61. The van der Waals surface area contributed by atoms with Crippen LogP contribution in [0.1, 0.15) is 24.8 Å². The number of unbranched alkanes of at least 4 members (excludes halogenated alkanes) is 2. The first-order valence-electron chi connectivity index (χ1n) is 7.36. The van der Waals surface area contributed by atoms with E-state index < -0.39 is 0 Å². The van der Waals surface area contributed by atoms with Gasteiger partial charge in [0.1, 0.15) is 5.75 Å². The van der Waals surface area contributed by atoms with Gasteiger partial charge in [0, 0.05) is 33.9 Å². The zero-order valence-corrected chi connectivity index (χ0v) is 16.1. The van der Waals surface area contributed by atoms with Crippen LogP contribution >= 0.6 is 24.0 Å². The lowest BCUT2D eigenvalue weighted by molar-refractivity contribution is 0.192. The van der Waals surface area contributed by atoms with Gasteiger partial charge in [0.25, 0.3) is 0 Å². The van der Waals surface area contributed by atoms with Crippen molar-refractivity contribution in [1.82, 2.24) is 10.6 Å². The van der Waals surface area contributed by atoms with Gasteiger partial charge in [-0.25, -0.2) is 0 Å². The highest BCUT2D eigenvalue weighted by atomic mass is 127. The molecule has 22 heavy (non-hydrogen) atoms. The molecule has 0 aliphatic heterocycles. The fraction of sp³-hybridized carbons (Fsp3) is 0.562. The number of hydrogen-bond acceptors (Lipinski definition) is 3. The van der Waals surface area contributed by atoms with Crippen LogP contribution in [0.25, 0.3) is 0 Å². The highest BCUT2D eigenvalue weighted by molar-refractivity contribution is 14.0. The molecule has 0 heterocycles. The van der Waals surface area contributed by atoms with Crippen molar-refractivity contribution in [1.29, 1.82) is 0 Å². The molecule has 0 atom stereocenters. The van der Waals surface area contributed by atoms with E-state index in [0.717, 1.165) is 56.2 Å². The minimum absolute atomic E-state index is 0. The molecule has 1 aromatic carbocycles. The number of halogens is 1. The van der Waals surface area contributed by atoms with Gasteiger partial charge in [0.2, 0.25) is 0 Å². The van der Waals surface area contributed by atoms with E-state index in [1.165, 1.54) is 0 Å². The second kappa shape index (κ2) is 13.6. The van der Waals surface area contributed by atoms with E-state index in [1.807, 2.05) is 18.2 Å². The number of guanidine groups is 1. The molecule has 0 spiro atoms. The first kappa shape index (κ1) is 21.0. The van der Waals surface area contributed by atoms with Gasteiger partial charge in [-0.1, -0.05) is 12.1 Å². The second-order valence-electron chi connectivity index (χ2n) is 4.76. The van der Waals surface area contributed by atoms with Gasteiger partial charge in [-0.3, -0.25) is 4.99 Å². The fourth-order valence-electron chi connectivity index (χ4n) is 1.94. The van der Waals surface area contributed by atoms with Crippen molar-refractivity contribution in [3.05, 3.63) is 29.8 Å². The number of ether oxygens (including phenoxy) is 2. The summed E-state index contributed by atoms with van der Waals surface area (Å²) >= 11 is 0. The molecule has 1 aromatic rings. The Morgan fingerprint density at radius 1 is 1.14 bits per heavy atom. The molecule has 2 N–H and O–H groups in total. The maximum Gasteiger partial charge on any atom is 0.191 e. The maximum atomic E-state index is 5.22. The van der Waals surface area contributed by atoms with Crippen LogP contribution in [0, 0.1) is 0 Å². The summed E-state index contributed by atoms with van der Waals surface area (Å²) in [4.78, 5) is 4.22. The number of nitrogens with one attached hydrogen (secondary N) is 2. The number of nitrogens with zero attached hydrogens (tertiary/aromatic N) is 1. The van der Waals surface area contributed by atoms with Crippen molar-refractivity contribution in [2.45, 2.75) is 25.8 Å². The molecular formula is C16H28IN3O2. The molecule has 0 amide bonds. The van der Waals surface area contributed by atoms with E-state index in [9.17, 15) is 0 Å². The minimum Gasteiger partial charge on any atom is -0.497 e. The second-order valence-corrected chi connectivity index (χ2v) is 4.76. The number of benzene rings is 1. The highest BCUT2D eigenvalue weighted by Gasteiger charge is 1.99. The van der Waals surface area contributed by atoms with Gasteiger partial charge in [-0.05, 0) is 37.0 Å². The zero-order valence-electron chi connectivity index (χ0n) is 13.7. The topological polar surface area (TPSA) is 54.9 Å². The molecule has 0 aliphatic rings. The number of aliphatic imine (C=N–C) groups is 1. The van der Waals surface area contributed by atoms with Gasteiger partial charge in [0.05, 0.1) is 7.11 Å². The van der Waals surface area contributed by atoms with Crippen molar-refractivity contribution in [3.8, 4) is 5.75 Å². The number of hydrogen-bond donors (Lipinski definition) is 2. The molecule has 0 radical (unpaired) electrons. The summed E-state index contributed by atoms with van der Waals surface area (Å²) in [6, 6.07) is 8.01. The molecule has 0 saturated heterocycles. The van der Waals surface area contributed by atoms with Crippen molar-refractivity contribution in [2.24, 2.45) is 4.99 Å². The van der Waals surface area contributed by atoms with Crippen LogP contribution in [-0.4, -0.2) is 40.4 Å². The third-order valence-electron chi connectivity index (χ3n) is 3.14. The molecule has 0 aromatic heterocycles. The van der Waals surface area contributed by atoms with Crippen molar-refractivity contribution >= 4 is 29.9 Å². The predicted molar refractivity (Wildman–Crippen MR) is 102 cm³/mol. The predicted octanol–water partition coefficient (Wildman–Crippen LogP) is 2.79. The molecule has 6 heteroatoms. The normalized spacial score (nSPS) is 10.8. The van der Waals surface area contributed by atoms with E-state index in [2.05, 4.69) is 21.7 Å².